The van der Waals surface area contributed by atoms with Gasteiger partial charge in [-0.2, -0.15) is 5.26 Å². The Kier molecular flexibility index (Phi) is 5.46. The highest BCUT2D eigenvalue weighted by molar-refractivity contribution is 9.10. The first-order chi connectivity index (χ1) is 8.11. The van der Waals surface area contributed by atoms with Crippen LogP contribution in [-0.2, 0) is 4.74 Å². The fourth-order valence-corrected chi connectivity index (χ4v) is 2.15. The number of nitriles is 1. The molecule has 92 valence electrons. The average Bonchev–Trinajstić information content (AvgIpc) is 2.29. The highest BCUT2D eigenvalue weighted by Gasteiger charge is 2.15. The van der Waals surface area contributed by atoms with E-state index in [1.165, 1.54) is 0 Å². The van der Waals surface area contributed by atoms with Gasteiger partial charge in [-0.05, 0) is 41.9 Å². The van der Waals surface area contributed by atoms with Gasteiger partial charge in [-0.1, -0.05) is 6.07 Å². The van der Waals surface area contributed by atoms with Crippen LogP contribution in [-0.4, -0.2) is 26.3 Å². The van der Waals surface area contributed by atoms with Gasteiger partial charge in [-0.15, -0.1) is 0 Å². The molecule has 0 aromatic heterocycles. The van der Waals surface area contributed by atoms with Crippen LogP contribution in [0.5, 0.6) is 0 Å². The second kappa shape index (κ2) is 6.63. The molecule has 0 saturated carbocycles. The maximum Gasteiger partial charge on any atom is 0.103 e. The lowest BCUT2D eigenvalue weighted by atomic mass is 10.1. The van der Waals surface area contributed by atoms with Crippen LogP contribution in [0.3, 0.4) is 0 Å². The number of hydrogen-bond donors (Lipinski definition) is 0. The molecule has 0 amide bonds. The molecule has 0 spiro atoms. The SMILES string of the molecule is COCCN(c1cccc(Br)c1C#N)C(C)C. The van der Waals surface area contributed by atoms with Crippen molar-refractivity contribution >= 4 is 21.6 Å². The van der Waals surface area contributed by atoms with Crippen molar-refractivity contribution in [3.05, 3.63) is 28.2 Å². The molecule has 0 aliphatic rings. The van der Waals surface area contributed by atoms with E-state index in [0.717, 1.165) is 16.7 Å². The van der Waals surface area contributed by atoms with Gasteiger partial charge < -0.3 is 9.64 Å². The van der Waals surface area contributed by atoms with Crippen molar-refractivity contribution in [2.24, 2.45) is 0 Å². The molecule has 0 unspecified atom stereocenters. The van der Waals surface area contributed by atoms with E-state index in [9.17, 15) is 5.26 Å². The third kappa shape index (κ3) is 3.45. The van der Waals surface area contributed by atoms with Crippen molar-refractivity contribution in [3.63, 3.8) is 0 Å². The molecule has 0 bridgehead atoms. The Morgan fingerprint density at radius 1 is 1.47 bits per heavy atom. The van der Waals surface area contributed by atoms with Crippen molar-refractivity contribution < 1.29 is 4.74 Å². The number of methoxy groups -OCH3 is 1. The molecule has 0 N–H and O–H groups in total. The molecule has 1 aromatic carbocycles. The van der Waals surface area contributed by atoms with Crippen LogP contribution in [0.1, 0.15) is 19.4 Å². The van der Waals surface area contributed by atoms with Gasteiger partial charge in [0.05, 0.1) is 17.9 Å². The van der Waals surface area contributed by atoms with Crippen LogP contribution in [0.4, 0.5) is 5.69 Å². The molecule has 0 heterocycles. The Morgan fingerprint density at radius 2 is 2.18 bits per heavy atom. The van der Waals surface area contributed by atoms with Crippen LogP contribution >= 0.6 is 15.9 Å². The summed E-state index contributed by atoms with van der Waals surface area (Å²) in [4.78, 5) is 2.17. The van der Waals surface area contributed by atoms with E-state index in [4.69, 9.17) is 4.74 Å². The Balaban J connectivity index is 3.10. The van der Waals surface area contributed by atoms with Crippen LogP contribution in [0.15, 0.2) is 22.7 Å². The smallest absolute Gasteiger partial charge is 0.103 e. The number of ether oxygens (including phenoxy) is 1. The van der Waals surface area contributed by atoms with E-state index >= 15 is 0 Å². The zero-order valence-corrected chi connectivity index (χ0v) is 12.0. The summed E-state index contributed by atoms with van der Waals surface area (Å²) in [5.41, 5.74) is 1.63. The summed E-state index contributed by atoms with van der Waals surface area (Å²) in [6.45, 7) is 5.64. The summed E-state index contributed by atoms with van der Waals surface area (Å²) in [6.07, 6.45) is 0. The minimum Gasteiger partial charge on any atom is -0.383 e. The van der Waals surface area contributed by atoms with E-state index < -0.39 is 0 Å². The maximum atomic E-state index is 9.22. The van der Waals surface area contributed by atoms with E-state index in [-0.39, 0.29) is 0 Å². The molecule has 1 aromatic rings. The van der Waals surface area contributed by atoms with Crippen LogP contribution in [0, 0.1) is 11.3 Å². The summed E-state index contributed by atoms with van der Waals surface area (Å²) in [5, 5.41) is 9.22. The molecule has 3 nitrogen and oxygen atoms in total. The van der Waals surface area contributed by atoms with Gasteiger partial charge in [-0.25, -0.2) is 0 Å². The summed E-state index contributed by atoms with van der Waals surface area (Å²) >= 11 is 3.41. The van der Waals surface area contributed by atoms with E-state index in [0.29, 0.717) is 18.2 Å². The molecule has 0 aliphatic heterocycles. The second-order valence-corrected chi connectivity index (χ2v) is 4.88. The second-order valence-electron chi connectivity index (χ2n) is 4.03. The fraction of sp³-hybridized carbons (Fsp3) is 0.462. The minimum atomic E-state index is 0.326. The van der Waals surface area contributed by atoms with Crippen LogP contribution < -0.4 is 4.90 Å². The monoisotopic (exact) mass is 296 g/mol. The largest absolute Gasteiger partial charge is 0.383 e. The van der Waals surface area contributed by atoms with Gasteiger partial charge >= 0.3 is 0 Å². The number of anilines is 1. The Morgan fingerprint density at radius 3 is 2.71 bits per heavy atom. The Bertz CT molecular complexity index is 412. The summed E-state index contributed by atoms with van der Waals surface area (Å²) in [5.74, 6) is 0. The number of hydrogen-bond acceptors (Lipinski definition) is 3. The predicted molar refractivity (Wildman–Crippen MR) is 73.2 cm³/mol. The quantitative estimate of drug-likeness (QED) is 0.837. The lowest BCUT2D eigenvalue weighted by Gasteiger charge is -2.29. The molecule has 0 atom stereocenters. The topological polar surface area (TPSA) is 36.3 Å². The van der Waals surface area contributed by atoms with Crippen molar-refractivity contribution in [3.8, 4) is 6.07 Å². The summed E-state index contributed by atoms with van der Waals surface area (Å²) in [7, 11) is 1.69. The van der Waals surface area contributed by atoms with E-state index in [1.54, 1.807) is 7.11 Å². The van der Waals surface area contributed by atoms with Gasteiger partial charge in [0.2, 0.25) is 0 Å². The maximum absolute atomic E-state index is 9.22. The molecule has 1 rings (SSSR count). The highest BCUT2D eigenvalue weighted by Crippen LogP contribution is 2.28. The first-order valence-corrected chi connectivity index (χ1v) is 6.35. The first kappa shape index (κ1) is 14.0. The van der Waals surface area contributed by atoms with Gasteiger partial charge in [0, 0.05) is 24.2 Å². The minimum absolute atomic E-state index is 0.326. The molecule has 17 heavy (non-hydrogen) atoms. The van der Waals surface area contributed by atoms with E-state index in [2.05, 4.69) is 40.7 Å². The lowest BCUT2D eigenvalue weighted by Crippen LogP contribution is -2.34. The van der Waals surface area contributed by atoms with Gasteiger partial charge in [-0.3, -0.25) is 0 Å². The third-order valence-electron chi connectivity index (χ3n) is 2.57. The van der Waals surface area contributed by atoms with Crippen molar-refractivity contribution in [1.29, 1.82) is 5.26 Å². The average molecular weight is 297 g/mol. The third-order valence-corrected chi connectivity index (χ3v) is 3.23. The molecule has 0 fully saturated rings. The van der Waals surface area contributed by atoms with Crippen LogP contribution in [0.2, 0.25) is 0 Å². The Hall–Kier alpha value is -1.05. The molecule has 4 heteroatoms. The number of rotatable bonds is 5. The van der Waals surface area contributed by atoms with Crippen molar-refractivity contribution in [1.82, 2.24) is 0 Å². The fourth-order valence-electron chi connectivity index (χ4n) is 1.71. The van der Waals surface area contributed by atoms with Gasteiger partial charge in [0.25, 0.3) is 0 Å². The van der Waals surface area contributed by atoms with Crippen molar-refractivity contribution in [2.45, 2.75) is 19.9 Å². The number of benzene rings is 1. The molecule has 0 aliphatic carbocycles. The van der Waals surface area contributed by atoms with E-state index in [1.807, 2.05) is 18.2 Å². The summed E-state index contributed by atoms with van der Waals surface area (Å²) < 4.78 is 5.95. The zero-order chi connectivity index (χ0) is 12.8. The molecule has 0 saturated heterocycles. The standard InChI is InChI=1S/C13H17BrN2O/c1-10(2)16(7-8-17-3)13-6-4-5-12(14)11(13)9-15/h4-6,10H,7-8H2,1-3H3. The number of nitrogens with zero attached hydrogens (tertiary/aromatic N) is 2. The molecule has 0 radical (unpaired) electrons. The first-order valence-electron chi connectivity index (χ1n) is 5.56. The molecular weight excluding hydrogens is 280 g/mol. The van der Waals surface area contributed by atoms with Crippen LogP contribution in [0.25, 0.3) is 0 Å². The molecular formula is C13H17BrN2O. The predicted octanol–water partition coefficient (Wildman–Crippen LogP) is 3.18. The Labute approximate surface area is 111 Å². The summed E-state index contributed by atoms with van der Waals surface area (Å²) in [6, 6.07) is 8.38. The van der Waals surface area contributed by atoms with Gasteiger partial charge in [0.15, 0.2) is 0 Å². The highest BCUT2D eigenvalue weighted by atomic mass is 79.9. The zero-order valence-electron chi connectivity index (χ0n) is 10.4. The number of halogens is 1. The normalized spacial score (nSPS) is 10.4. The van der Waals surface area contributed by atoms with Gasteiger partial charge in [0.1, 0.15) is 6.07 Å². The lowest BCUT2D eigenvalue weighted by molar-refractivity contribution is 0.204. The van der Waals surface area contributed by atoms with Crippen molar-refractivity contribution in [2.75, 3.05) is 25.2 Å².